The molecule has 1 aliphatic heterocycles. The van der Waals surface area contributed by atoms with Gasteiger partial charge in [0, 0.05) is 18.3 Å². The summed E-state index contributed by atoms with van der Waals surface area (Å²) in [5.41, 5.74) is 0. The van der Waals surface area contributed by atoms with Crippen LogP contribution in [0, 0.1) is 17.6 Å². The van der Waals surface area contributed by atoms with E-state index in [2.05, 4.69) is 10.4 Å². The molecule has 1 aliphatic carbocycles. The average Bonchev–Trinajstić information content (AvgIpc) is 3.48. The molecular weight excluding hydrogens is 510 g/mol. The summed E-state index contributed by atoms with van der Waals surface area (Å²) in [7, 11) is 0. The van der Waals surface area contributed by atoms with Crippen LogP contribution in [0.1, 0.15) is 38.5 Å². The Morgan fingerprint density at radius 2 is 2.00 bits per heavy atom. The predicted octanol–water partition coefficient (Wildman–Crippen LogP) is 3.25. The fourth-order valence-corrected chi connectivity index (χ4v) is 4.85. The molecule has 1 aromatic heterocycles. The Kier molecular flexibility index (Phi) is 8.78. The first kappa shape index (κ1) is 27.0. The van der Waals surface area contributed by atoms with Crippen LogP contribution < -0.4 is 10.1 Å². The molecule has 37 heavy (non-hydrogen) atoms. The quantitative estimate of drug-likeness (QED) is 0.400. The lowest BCUT2D eigenvalue weighted by molar-refractivity contribution is -0.134. The Morgan fingerprint density at radius 3 is 2.73 bits per heavy atom. The third kappa shape index (κ3) is 6.65. The first-order chi connectivity index (χ1) is 17.7. The van der Waals surface area contributed by atoms with Crippen molar-refractivity contribution in [3.05, 3.63) is 52.9 Å². The van der Waals surface area contributed by atoms with E-state index in [4.69, 9.17) is 21.4 Å². The summed E-state index contributed by atoms with van der Waals surface area (Å²) in [6.45, 7) is -0.529. The molecule has 1 saturated carbocycles. The van der Waals surface area contributed by atoms with Crippen molar-refractivity contribution in [2.24, 2.45) is 5.92 Å². The van der Waals surface area contributed by atoms with Crippen molar-refractivity contribution in [3.63, 3.8) is 0 Å². The van der Waals surface area contributed by atoms with Crippen LogP contribution in [0.5, 0.6) is 5.75 Å². The molecule has 0 spiro atoms. The van der Waals surface area contributed by atoms with E-state index in [1.165, 1.54) is 9.58 Å². The fraction of sp³-hybridized carbons (Fsp3) is 0.480. The van der Waals surface area contributed by atoms with Crippen LogP contribution in [-0.4, -0.2) is 62.0 Å². The van der Waals surface area contributed by atoms with Crippen LogP contribution in [0.2, 0.25) is 5.02 Å². The number of halogens is 3. The van der Waals surface area contributed by atoms with E-state index in [0.717, 1.165) is 50.3 Å². The Hall–Kier alpha value is -3.02. The van der Waals surface area contributed by atoms with Gasteiger partial charge >= 0.3 is 0 Å². The molecule has 1 fully saturated rings. The van der Waals surface area contributed by atoms with Crippen LogP contribution in [-0.2, 0) is 16.1 Å². The molecule has 1 aromatic carbocycles. The topological polar surface area (TPSA) is 117 Å². The number of aliphatic hydroxyl groups excluding tert-OH is 2. The SMILES string of the molecule is O=C(Nc1ccn(CC(O)CO)n1)C(CC1CCCCC1)N1CC(Oc2c(F)ccc(Cl)c2F)=CC1=O. The number of nitrogens with zero attached hydrogens (tertiary/aromatic N) is 3. The second-order valence-corrected chi connectivity index (χ2v) is 9.76. The molecule has 4 rings (SSSR count). The maximum atomic E-state index is 14.3. The van der Waals surface area contributed by atoms with Crippen LogP contribution >= 0.6 is 11.6 Å². The molecular formula is C25H29ClF2N4O5. The summed E-state index contributed by atoms with van der Waals surface area (Å²) in [6.07, 6.45) is 7.19. The number of rotatable bonds is 10. The summed E-state index contributed by atoms with van der Waals surface area (Å²) in [5, 5.41) is 25.2. The summed E-state index contributed by atoms with van der Waals surface area (Å²) >= 11 is 5.74. The number of ether oxygens (including phenoxy) is 1. The second-order valence-electron chi connectivity index (χ2n) is 9.36. The zero-order chi connectivity index (χ0) is 26.5. The smallest absolute Gasteiger partial charge is 0.251 e. The summed E-state index contributed by atoms with van der Waals surface area (Å²) in [5.74, 6) is -3.26. The van der Waals surface area contributed by atoms with E-state index < -0.39 is 48.0 Å². The van der Waals surface area contributed by atoms with Gasteiger partial charge in [0.15, 0.2) is 23.2 Å². The first-order valence-corrected chi connectivity index (χ1v) is 12.6. The first-order valence-electron chi connectivity index (χ1n) is 12.2. The van der Waals surface area contributed by atoms with E-state index in [0.29, 0.717) is 6.42 Å². The summed E-state index contributed by atoms with van der Waals surface area (Å²) in [4.78, 5) is 27.6. The van der Waals surface area contributed by atoms with Crippen molar-refractivity contribution in [2.75, 3.05) is 18.5 Å². The van der Waals surface area contributed by atoms with Gasteiger partial charge in [-0.3, -0.25) is 14.3 Å². The number of aliphatic hydroxyl groups is 2. The number of hydrogen-bond donors (Lipinski definition) is 3. The molecule has 2 aliphatic rings. The Balaban J connectivity index is 1.49. The predicted molar refractivity (Wildman–Crippen MR) is 131 cm³/mol. The number of carbonyl (C=O) groups is 2. The number of amides is 2. The van der Waals surface area contributed by atoms with Crippen LogP contribution in [0.25, 0.3) is 0 Å². The molecule has 2 unspecified atom stereocenters. The highest BCUT2D eigenvalue weighted by molar-refractivity contribution is 6.30. The standard InChI is InChI=1S/C25H29ClF2N4O5/c26-18-6-7-19(27)24(23(18)28)37-17-11-22(35)32(13-17)20(10-15-4-2-1-3-5-15)25(36)29-21-8-9-31(30-21)12-16(34)14-33/h6-9,11,15-16,20,33-34H,1-5,10,12-14H2,(H,29,30,36). The minimum Gasteiger partial charge on any atom is -0.453 e. The molecule has 2 atom stereocenters. The molecule has 0 bridgehead atoms. The van der Waals surface area contributed by atoms with Crippen molar-refractivity contribution in [2.45, 2.75) is 57.2 Å². The molecule has 200 valence electrons. The van der Waals surface area contributed by atoms with Crippen molar-refractivity contribution in [1.29, 1.82) is 0 Å². The monoisotopic (exact) mass is 538 g/mol. The molecule has 2 heterocycles. The number of aromatic nitrogens is 2. The van der Waals surface area contributed by atoms with Gasteiger partial charge in [0.25, 0.3) is 5.91 Å². The second kappa shape index (κ2) is 12.0. The zero-order valence-corrected chi connectivity index (χ0v) is 20.8. The van der Waals surface area contributed by atoms with Gasteiger partial charge < -0.3 is 25.2 Å². The maximum Gasteiger partial charge on any atom is 0.251 e. The number of carbonyl (C=O) groups excluding carboxylic acids is 2. The lowest BCUT2D eigenvalue weighted by Gasteiger charge is -2.31. The van der Waals surface area contributed by atoms with Gasteiger partial charge in [-0.15, -0.1) is 0 Å². The molecule has 2 amide bonds. The van der Waals surface area contributed by atoms with E-state index in [1.54, 1.807) is 12.3 Å². The summed E-state index contributed by atoms with van der Waals surface area (Å²) < 4.78 is 35.3. The Morgan fingerprint density at radius 1 is 1.24 bits per heavy atom. The largest absolute Gasteiger partial charge is 0.453 e. The third-order valence-corrected chi connectivity index (χ3v) is 6.88. The highest BCUT2D eigenvalue weighted by Gasteiger charge is 2.37. The molecule has 3 N–H and O–H groups in total. The van der Waals surface area contributed by atoms with Crippen LogP contribution in [0.3, 0.4) is 0 Å². The molecule has 9 nitrogen and oxygen atoms in total. The minimum absolute atomic E-state index is 0.00576. The average molecular weight is 539 g/mol. The van der Waals surface area contributed by atoms with E-state index in [-0.39, 0.29) is 35.6 Å². The van der Waals surface area contributed by atoms with E-state index >= 15 is 0 Å². The van der Waals surface area contributed by atoms with E-state index in [1.807, 2.05) is 0 Å². The number of hydrogen-bond acceptors (Lipinski definition) is 6. The van der Waals surface area contributed by atoms with E-state index in [9.17, 15) is 23.5 Å². The van der Waals surface area contributed by atoms with Crippen LogP contribution in [0.15, 0.2) is 36.2 Å². The van der Waals surface area contributed by atoms with Crippen molar-refractivity contribution >= 4 is 29.2 Å². The minimum atomic E-state index is -1.08. The number of nitrogens with one attached hydrogen (secondary N) is 1. The van der Waals surface area contributed by atoms with Gasteiger partial charge in [0.05, 0.1) is 30.8 Å². The Bertz CT molecular complexity index is 1170. The van der Waals surface area contributed by atoms with Crippen molar-refractivity contribution in [3.8, 4) is 5.75 Å². The molecule has 2 aromatic rings. The number of benzene rings is 1. The lowest BCUT2D eigenvalue weighted by atomic mass is 9.84. The molecule has 0 radical (unpaired) electrons. The maximum absolute atomic E-state index is 14.3. The van der Waals surface area contributed by atoms with Crippen LogP contribution in [0.4, 0.5) is 14.6 Å². The number of anilines is 1. The summed E-state index contributed by atoms with van der Waals surface area (Å²) in [6, 6.07) is 2.71. The van der Waals surface area contributed by atoms with Gasteiger partial charge in [-0.2, -0.15) is 5.10 Å². The van der Waals surface area contributed by atoms with Gasteiger partial charge in [-0.05, 0) is 24.5 Å². The molecule has 12 heteroatoms. The van der Waals surface area contributed by atoms with Crippen molar-refractivity contribution < 1.29 is 33.3 Å². The third-order valence-electron chi connectivity index (χ3n) is 6.59. The van der Waals surface area contributed by atoms with Gasteiger partial charge in [0.1, 0.15) is 11.8 Å². The normalized spacial score (nSPS) is 18.0. The van der Waals surface area contributed by atoms with Crippen molar-refractivity contribution in [1.82, 2.24) is 14.7 Å². The van der Waals surface area contributed by atoms with Gasteiger partial charge in [-0.1, -0.05) is 43.7 Å². The highest BCUT2D eigenvalue weighted by Crippen LogP contribution is 2.33. The van der Waals surface area contributed by atoms with Gasteiger partial charge in [-0.25, -0.2) is 8.78 Å². The highest BCUT2D eigenvalue weighted by atomic mass is 35.5. The Labute approximate surface area is 217 Å². The zero-order valence-electron chi connectivity index (χ0n) is 20.1. The molecule has 0 saturated heterocycles. The fourth-order valence-electron chi connectivity index (χ4n) is 4.70. The van der Waals surface area contributed by atoms with Gasteiger partial charge in [0.2, 0.25) is 5.91 Å². The lowest BCUT2D eigenvalue weighted by Crippen LogP contribution is -2.46.